The Morgan fingerprint density at radius 2 is 1.06 bits per heavy atom. The SMILES string of the molecule is CC(C)(C)c1ccc(N(c2ccc3c(c2)N(c2ccccc2)c2cc(C(C)(C)C)cc4c2B3c2sc3c(c2N4c2ccccc2)CCC3)c2ccc(C(C)(C)C)cc2-c2ccccc2)cc1. The minimum absolute atomic E-state index is 0.0155. The lowest BCUT2D eigenvalue weighted by Gasteiger charge is -2.44. The quantitative estimate of drug-likeness (QED) is 0.154. The molecule has 0 amide bonds. The molecule has 8 aromatic rings. The van der Waals surface area contributed by atoms with E-state index in [1.807, 2.05) is 0 Å². The van der Waals surface area contributed by atoms with Crippen molar-refractivity contribution in [3.8, 4) is 11.1 Å². The minimum atomic E-state index is -0.0895. The van der Waals surface area contributed by atoms with E-state index in [1.165, 1.54) is 78.4 Å². The van der Waals surface area contributed by atoms with Crippen molar-refractivity contribution in [1.82, 2.24) is 0 Å². The Hall–Kier alpha value is -6.30. The molecule has 0 unspecified atom stereocenters. The maximum atomic E-state index is 2.64. The lowest BCUT2D eigenvalue weighted by atomic mass is 9.36. The van der Waals surface area contributed by atoms with Crippen molar-refractivity contribution in [2.45, 2.75) is 97.8 Å². The molecule has 0 radical (unpaired) electrons. The summed E-state index contributed by atoms with van der Waals surface area (Å²) >= 11 is 2.07. The molecule has 0 spiro atoms. The van der Waals surface area contributed by atoms with Crippen LogP contribution in [-0.4, -0.2) is 6.71 Å². The van der Waals surface area contributed by atoms with E-state index in [1.54, 1.807) is 10.4 Å². The molecular weight excluding hydrogens is 818 g/mol. The van der Waals surface area contributed by atoms with Gasteiger partial charge in [-0.3, -0.25) is 0 Å². The van der Waals surface area contributed by atoms with Gasteiger partial charge in [-0.15, -0.1) is 0 Å². The predicted octanol–water partition coefficient (Wildman–Crippen LogP) is 15.3. The van der Waals surface area contributed by atoms with Crippen molar-refractivity contribution in [1.29, 1.82) is 0 Å². The Labute approximate surface area is 397 Å². The molecule has 5 heteroatoms. The molecule has 7 aromatic carbocycles. The van der Waals surface area contributed by atoms with Gasteiger partial charge in [0, 0.05) is 55.0 Å². The number of nitrogens with zero attached hydrogens (tertiary/aromatic N) is 3. The van der Waals surface area contributed by atoms with Gasteiger partial charge in [-0.2, -0.15) is 11.3 Å². The molecule has 3 nitrogen and oxygen atoms in total. The molecule has 1 aliphatic carbocycles. The van der Waals surface area contributed by atoms with Crippen LogP contribution >= 0.6 is 11.3 Å². The van der Waals surface area contributed by atoms with Crippen LogP contribution in [-0.2, 0) is 29.1 Å². The van der Waals surface area contributed by atoms with Crippen molar-refractivity contribution in [3.63, 3.8) is 0 Å². The molecule has 328 valence electrons. The summed E-state index contributed by atoms with van der Waals surface area (Å²) in [5.41, 5.74) is 21.6. The minimum Gasteiger partial charge on any atom is -0.311 e. The maximum absolute atomic E-state index is 2.64. The van der Waals surface area contributed by atoms with Gasteiger partial charge < -0.3 is 14.7 Å². The molecule has 2 aliphatic heterocycles. The summed E-state index contributed by atoms with van der Waals surface area (Å²) in [6.45, 7) is 21.0. The van der Waals surface area contributed by atoms with E-state index >= 15 is 0 Å². The number of benzene rings is 7. The first-order chi connectivity index (χ1) is 31.6. The van der Waals surface area contributed by atoms with Crippen LogP contribution in [0.1, 0.15) is 95.9 Å². The smallest absolute Gasteiger partial charge is 0.264 e. The zero-order valence-electron chi connectivity index (χ0n) is 40.0. The van der Waals surface area contributed by atoms with E-state index in [4.69, 9.17) is 0 Å². The van der Waals surface area contributed by atoms with Gasteiger partial charge in [-0.25, -0.2) is 0 Å². The fourth-order valence-electron chi connectivity index (χ4n) is 10.6. The molecule has 0 atom stereocenters. The first kappa shape index (κ1) is 42.3. The molecule has 0 fully saturated rings. The monoisotopic (exact) mass is 877 g/mol. The third-order valence-electron chi connectivity index (χ3n) is 14.2. The highest BCUT2D eigenvalue weighted by molar-refractivity contribution is 7.29. The number of aryl methyl sites for hydroxylation is 1. The normalized spacial score (nSPS) is 14.2. The van der Waals surface area contributed by atoms with Crippen LogP contribution in [0.25, 0.3) is 11.1 Å². The highest BCUT2D eigenvalue weighted by Gasteiger charge is 2.47. The second-order valence-electron chi connectivity index (χ2n) is 21.7. The summed E-state index contributed by atoms with van der Waals surface area (Å²) < 4.78 is 1.47. The molecule has 3 heterocycles. The number of thiophene rings is 1. The molecule has 11 rings (SSSR count). The number of fused-ring (bicyclic) bond motifs is 6. The van der Waals surface area contributed by atoms with Gasteiger partial charge in [0.1, 0.15) is 0 Å². The molecule has 3 aliphatic rings. The summed E-state index contributed by atoms with van der Waals surface area (Å²) in [6.07, 6.45) is 3.50. The van der Waals surface area contributed by atoms with Crippen molar-refractivity contribution in [3.05, 3.63) is 191 Å². The zero-order valence-corrected chi connectivity index (χ0v) is 40.9. The lowest BCUT2D eigenvalue weighted by Crippen LogP contribution is -2.60. The van der Waals surface area contributed by atoms with E-state index in [0.717, 1.165) is 35.6 Å². The van der Waals surface area contributed by atoms with Crippen LogP contribution in [0.5, 0.6) is 0 Å². The summed E-state index contributed by atoms with van der Waals surface area (Å²) in [4.78, 5) is 9.30. The van der Waals surface area contributed by atoms with Crippen molar-refractivity contribution < 1.29 is 0 Å². The fourth-order valence-corrected chi connectivity index (χ4v) is 12.2. The molecule has 66 heavy (non-hydrogen) atoms. The second-order valence-corrected chi connectivity index (χ2v) is 22.9. The van der Waals surface area contributed by atoms with Gasteiger partial charge in [0.2, 0.25) is 0 Å². The number of hydrogen-bond donors (Lipinski definition) is 0. The standard InChI is InChI=1S/C61H60BN3S/c1-59(2,3)41-28-31-46(32-29-41)63(51-35-30-42(60(4,5)6)36-49(51)40-20-13-10-14-21-40)47-33-34-50-52(39-47)64(44-22-15-11-16-23-44)53-37-43(61(7,8)9)38-54-56(53)62(50)58-57(48-26-19-27-55(48)66-58)65(54)45-24-17-12-18-25-45/h10-18,20-25,28-39H,19,26-27H2,1-9H3. The lowest BCUT2D eigenvalue weighted by molar-refractivity contribution is 0.590. The predicted molar refractivity (Wildman–Crippen MR) is 287 cm³/mol. The molecule has 1 aromatic heterocycles. The molecule has 0 N–H and O–H groups in total. The first-order valence-electron chi connectivity index (χ1n) is 23.9. The van der Waals surface area contributed by atoms with Gasteiger partial charge in [0.05, 0.1) is 11.4 Å². The third-order valence-corrected chi connectivity index (χ3v) is 15.6. The van der Waals surface area contributed by atoms with E-state index in [9.17, 15) is 0 Å². The van der Waals surface area contributed by atoms with E-state index in [2.05, 4.69) is 252 Å². The van der Waals surface area contributed by atoms with Crippen LogP contribution in [0.15, 0.2) is 164 Å². The molecule has 0 saturated carbocycles. The summed E-state index contributed by atoms with van der Waals surface area (Å²) in [7, 11) is 0. The van der Waals surface area contributed by atoms with Crippen LogP contribution in [0.3, 0.4) is 0 Å². The van der Waals surface area contributed by atoms with Gasteiger partial charge in [0.15, 0.2) is 0 Å². The molecular formula is C61H60BN3S. The number of hydrogen-bond acceptors (Lipinski definition) is 4. The average Bonchev–Trinajstić information content (AvgIpc) is 3.91. The molecule has 0 saturated heterocycles. The highest BCUT2D eigenvalue weighted by atomic mass is 32.1. The zero-order chi connectivity index (χ0) is 45.7. The number of rotatable bonds is 6. The van der Waals surface area contributed by atoms with Gasteiger partial charge in [-0.1, -0.05) is 153 Å². The Kier molecular flexibility index (Phi) is 10.1. The Morgan fingerprint density at radius 3 is 1.68 bits per heavy atom. The van der Waals surface area contributed by atoms with E-state index in [-0.39, 0.29) is 23.0 Å². The van der Waals surface area contributed by atoms with E-state index in [0.29, 0.717) is 0 Å². The third kappa shape index (κ3) is 7.10. The van der Waals surface area contributed by atoms with Crippen LogP contribution < -0.4 is 30.4 Å². The maximum Gasteiger partial charge on any atom is 0.264 e. The highest BCUT2D eigenvalue weighted by Crippen LogP contribution is 2.51. The van der Waals surface area contributed by atoms with Crippen molar-refractivity contribution in [2.75, 3.05) is 14.7 Å². The topological polar surface area (TPSA) is 9.72 Å². The van der Waals surface area contributed by atoms with Gasteiger partial charge >= 0.3 is 0 Å². The van der Waals surface area contributed by atoms with Crippen molar-refractivity contribution in [2.24, 2.45) is 0 Å². The van der Waals surface area contributed by atoms with E-state index < -0.39 is 0 Å². The first-order valence-corrected chi connectivity index (χ1v) is 24.7. The summed E-state index contributed by atoms with van der Waals surface area (Å²) in [6, 6.07) is 62.1. The Bertz CT molecular complexity index is 3110. The Balaban J connectivity index is 1.21. The van der Waals surface area contributed by atoms with Crippen LogP contribution in [0.2, 0.25) is 0 Å². The number of para-hydroxylation sites is 2. The van der Waals surface area contributed by atoms with Crippen LogP contribution in [0.4, 0.5) is 51.2 Å². The second kappa shape index (κ2) is 15.7. The van der Waals surface area contributed by atoms with Crippen molar-refractivity contribution >= 4 is 84.9 Å². The average molecular weight is 878 g/mol. The number of anilines is 9. The van der Waals surface area contributed by atoms with Gasteiger partial charge in [0.25, 0.3) is 6.71 Å². The fraction of sp³-hybridized carbons (Fsp3) is 0.246. The molecule has 0 bridgehead atoms. The summed E-state index contributed by atoms with van der Waals surface area (Å²) in [5.74, 6) is 0. The van der Waals surface area contributed by atoms with Gasteiger partial charge in [-0.05, 0) is 147 Å². The van der Waals surface area contributed by atoms with Crippen LogP contribution in [0, 0.1) is 0 Å². The summed E-state index contributed by atoms with van der Waals surface area (Å²) in [5, 5.41) is 0. The Morgan fingerprint density at radius 1 is 0.500 bits per heavy atom. The largest absolute Gasteiger partial charge is 0.311 e.